The molecule has 0 fully saturated rings. The molecule has 1 aromatic rings. The van der Waals surface area contributed by atoms with Crippen LogP contribution in [0.3, 0.4) is 0 Å². The third-order valence-corrected chi connectivity index (χ3v) is 5.21. The van der Waals surface area contributed by atoms with E-state index in [4.69, 9.17) is 11.6 Å². The molecular weight excluding hydrogens is 316 g/mol. The Morgan fingerprint density at radius 3 is 2.48 bits per heavy atom. The molecule has 1 heterocycles. The molecule has 1 aromatic carbocycles. The zero-order valence-electron chi connectivity index (χ0n) is 11.6. The fraction of sp³-hybridized carbons (Fsp3) is 0.385. The lowest BCUT2D eigenvalue weighted by atomic mass is 10.1. The van der Waals surface area contributed by atoms with Gasteiger partial charge in [0.2, 0.25) is 10.0 Å². The van der Waals surface area contributed by atoms with E-state index < -0.39 is 15.9 Å². The summed E-state index contributed by atoms with van der Waals surface area (Å²) in [5.74, 6) is -0.887. The molecule has 0 aliphatic carbocycles. The third-order valence-electron chi connectivity index (χ3n) is 3.13. The molecule has 2 amide bonds. The Kier molecular flexibility index (Phi) is 4.25. The normalized spacial score (nSPS) is 16.0. The number of hydrogen-bond acceptors (Lipinski definition) is 4. The Bertz CT molecular complexity index is 702. The molecule has 1 aliphatic rings. The van der Waals surface area contributed by atoms with Crippen LogP contribution in [0.25, 0.3) is 0 Å². The molecule has 0 bridgehead atoms. The first-order valence-corrected chi connectivity index (χ1v) is 8.46. The van der Waals surface area contributed by atoms with Crippen molar-refractivity contribution in [3.63, 3.8) is 0 Å². The molecule has 0 saturated carbocycles. The van der Waals surface area contributed by atoms with Gasteiger partial charge in [-0.1, -0.05) is 6.92 Å². The van der Waals surface area contributed by atoms with Crippen molar-refractivity contribution in [1.29, 1.82) is 0 Å². The van der Waals surface area contributed by atoms with Crippen molar-refractivity contribution in [2.24, 2.45) is 5.92 Å². The first kappa shape index (κ1) is 15.8. The lowest BCUT2D eigenvalue weighted by molar-refractivity contribution is 0.0693. The maximum Gasteiger partial charge on any atom is 0.261 e. The Morgan fingerprint density at radius 2 is 1.86 bits per heavy atom. The summed E-state index contributed by atoms with van der Waals surface area (Å²) in [6.45, 7) is 1.73. The SMILES string of the molecule is CC(CCl)CS(=O)(=O)Nc1ccc2c(c1)C(=O)N(C)C2=O. The van der Waals surface area contributed by atoms with Gasteiger partial charge in [-0.05, 0) is 24.1 Å². The van der Waals surface area contributed by atoms with E-state index in [1.165, 1.54) is 25.2 Å². The number of alkyl halides is 1. The second-order valence-corrected chi connectivity index (χ2v) is 7.15. The fourth-order valence-corrected chi connectivity index (χ4v) is 3.74. The Labute approximate surface area is 128 Å². The molecular formula is C13H15ClN2O4S. The smallest absolute Gasteiger partial charge is 0.261 e. The molecule has 1 atom stereocenters. The number of amides is 2. The summed E-state index contributed by atoms with van der Waals surface area (Å²) in [6.07, 6.45) is 0. The molecule has 0 saturated heterocycles. The molecule has 21 heavy (non-hydrogen) atoms. The number of fused-ring (bicyclic) bond motifs is 1. The summed E-state index contributed by atoms with van der Waals surface area (Å²) in [5.41, 5.74) is 0.736. The van der Waals surface area contributed by atoms with Gasteiger partial charge in [-0.2, -0.15) is 0 Å². The van der Waals surface area contributed by atoms with E-state index >= 15 is 0 Å². The summed E-state index contributed by atoms with van der Waals surface area (Å²) in [6, 6.07) is 4.29. The van der Waals surface area contributed by atoms with Crippen molar-refractivity contribution in [2.45, 2.75) is 6.92 Å². The summed E-state index contributed by atoms with van der Waals surface area (Å²) in [7, 11) is -2.17. The highest BCUT2D eigenvalue weighted by Crippen LogP contribution is 2.25. The van der Waals surface area contributed by atoms with Crippen LogP contribution >= 0.6 is 11.6 Å². The number of imide groups is 1. The van der Waals surface area contributed by atoms with Gasteiger partial charge in [0, 0.05) is 18.6 Å². The van der Waals surface area contributed by atoms with Gasteiger partial charge < -0.3 is 0 Å². The quantitative estimate of drug-likeness (QED) is 0.655. The van der Waals surface area contributed by atoms with Gasteiger partial charge in [0.15, 0.2) is 0 Å². The van der Waals surface area contributed by atoms with Gasteiger partial charge in [-0.15, -0.1) is 11.6 Å². The van der Waals surface area contributed by atoms with Crippen LogP contribution in [0.15, 0.2) is 18.2 Å². The van der Waals surface area contributed by atoms with Crippen molar-refractivity contribution in [3.8, 4) is 0 Å². The van der Waals surface area contributed by atoms with Gasteiger partial charge in [-0.3, -0.25) is 19.2 Å². The molecule has 114 valence electrons. The summed E-state index contributed by atoms with van der Waals surface area (Å²) < 4.78 is 26.3. The number of rotatable bonds is 5. The first-order valence-electron chi connectivity index (χ1n) is 6.28. The molecule has 1 unspecified atom stereocenters. The Morgan fingerprint density at radius 1 is 1.24 bits per heavy atom. The second kappa shape index (κ2) is 5.65. The van der Waals surface area contributed by atoms with E-state index in [0.29, 0.717) is 0 Å². The number of anilines is 1. The van der Waals surface area contributed by atoms with Crippen LogP contribution in [0.5, 0.6) is 0 Å². The number of benzene rings is 1. The molecule has 1 aliphatic heterocycles. The van der Waals surface area contributed by atoms with E-state index in [1.807, 2.05) is 0 Å². The van der Waals surface area contributed by atoms with Crippen LogP contribution in [0.1, 0.15) is 27.6 Å². The molecule has 0 aromatic heterocycles. The Hall–Kier alpha value is -1.60. The van der Waals surface area contributed by atoms with Crippen LogP contribution in [-0.2, 0) is 10.0 Å². The van der Waals surface area contributed by atoms with Gasteiger partial charge in [0.05, 0.1) is 16.9 Å². The summed E-state index contributed by atoms with van der Waals surface area (Å²) >= 11 is 5.61. The largest absolute Gasteiger partial charge is 0.284 e. The van der Waals surface area contributed by atoms with Crippen molar-refractivity contribution >= 4 is 39.1 Å². The molecule has 8 heteroatoms. The molecule has 2 rings (SSSR count). The predicted molar refractivity (Wildman–Crippen MR) is 80.2 cm³/mol. The molecule has 0 spiro atoms. The highest BCUT2D eigenvalue weighted by Gasteiger charge is 2.33. The number of carbonyl (C=O) groups excluding carboxylic acids is 2. The van der Waals surface area contributed by atoms with Gasteiger partial charge in [0.25, 0.3) is 11.8 Å². The van der Waals surface area contributed by atoms with Crippen molar-refractivity contribution < 1.29 is 18.0 Å². The van der Waals surface area contributed by atoms with Crippen molar-refractivity contribution in [1.82, 2.24) is 4.90 Å². The number of hydrogen-bond donors (Lipinski definition) is 1. The van der Waals surface area contributed by atoms with E-state index in [2.05, 4.69) is 4.72 Å². The standard InChI is InChI=1S/C13H15ClN2O4S/c1-8(6-14)7-21(19,20)15-9-3-4-10-11(5-9)13(18)16(2)12(10)17/h3-5,8,15H,6-7H2,1-2H3. The van der Waals surface area contributed by atoms with Crippen molar-refractivity contribution in [3.05, 3.63) is 29.3 Å². The number of carbonyl (C=O) groups is 2. The lowest BCUT2D eigenvalue weighted by Crippen LogP contribution is -2.24. The van der Waals surface area contributed by atoms with Gasteiger partial charge in [-0.25, -0.2) is 8.42 Å². The minimum Gasteiger partial charge on any atom is -0.284 e. The van der Waals surface area contributed by atoms with Crippen LogP contribution in [0.2, 0.25) is 0 Å². The number of sulfonamides is 1. The lowest BCUT2D eigenvalue weighted by Gasteiger charge is -2.11. The van der Waals surface area contributed by atoms with Gasteiger partial charge in [0.1, 0.15) is 0 Å². The number of nitrogens with one attached hydrogen (secondary N) is 1. The van der Waals surface area contributed by atoms with Crippen molar-refractivity contribution in [2.75, 3.05) is 23.4 Å². The topological polar surface area (TPSA) is 83.6 Å². The minimum atomic E-state index is -3.55. The zero-order chi connectivity index (χ0) is 15.8. The number of halogens is 1. The maximum atomic E-state index is 11.9. The molecule has 6 nitrogen and oxygen atoms in total. The average molecular weight is 331 g/mol. The molecule has 0 radical (unpaired) electrons. The van der Waals surface area contributed by atoms with Crippen LogP contribution < -0.4 is 4.72 Å². The zero-order valence-corrected chi connectivity index (χ0v) is 13.2. The average Bonchev–Trinajstić information content (AvgIpc) is 2.62. The van der Waals surface area contributed by atoms with Gasteiger partial charge >= 0.3 is 0 Å². The van der Waals surface area contributed by atoms with E-state index in [1.54, 1.807) is 6.92 Å². The van der Waals surface area contributed by atoms with Crippen LogP contribution in [0, 0.1) is 5.92 Å². The van der Waals surface area contributed by atoms with Crippen LogP contribution in [-0.4, -0.2) is 43.8 Å². The number of nitrogens with zero attached hydrogens (tertiary/aromatic N) is 1. The highest BCUT2D eigenvalue weighted by molar-refractivity contribution is 7.92. The summed E-state index contributed by atoms with van der Waals surface area (Å²) in [5, 5.41) is 0. The van der Waals surface area contributed by atoms with E-state index in [-0.39, 0.29) is 40.3 Å². The molecule has 1 N–H and O–H groups in total. The second-order valence-electron chi connectivity index (χ2n) is 5.07. The monoisotopic (exact) mass is 330 g/mol. The minimum absolute atomic E-state index is 0.111. The fourth-order valence-electron chi connectivity index (χ4n) is 2.07. The maximum absolute atomic E-state index is 11.9. The predicted octanol–water partition coefficient (Wildman–Crippen LogP) is 1.53. The Balaban J connectivity index is 2.25. The van der Waals surface area contributed by atoms with E-state index in [9.17, 15) is 18.0 Å². The van der Waals surface area contributed by atoms with E-state index in [0.717, 1.165) is 4.90 Å². The third kappa shape index (κ3) is 3.19. The summed E-state index contributed by atoms with van der Waals surface area (Å²) in [4.78, 5) is 24.6. The highest BCUT2D eigenvalue weighted by atomic mass is 35.5. The first-order chi connectivity index (χ1) is 9.75. The van der Waals surface area contributed by atoms with Crippen LogP contribution in [0.4, 0.5) is 5.69 Å².